The second-order valence-corrected chi connectivity index (χ2v) is 6.01. The minimum absolute atomic E-state index is 0.0890. The van der Waals surface area contributed by atoms with Gasteiger partial charge >= 0.3 is 0 Å². The Kier molecular flexibility index (Phi) is 6.21. The van der Waals surface area contributed by atoms with Gasteiger partial charge in [-0.05, 0) is 42.5 Å². The zero-order valence-corrected chi connectivity index (χ0v) is 14.1. The van der Waals surface area contributed by atoms with Crippen molar-refractivity contribution < 1.29 is 9.53 Å². The Bertz CT molecular complexity index is 605. The van der Waals surface area contributed by atoms with Gasteiger partial charge in [0.1, 0.15) is 5.75 Å². The van der Waals surface area contributed by atoms with Gasteiger partial charge in [0.05, 0.1) is 0 Å². The van der Waals surface area contributed by atoms with Crippen molar-refractivity contribution in [3.05, 3.63) is 65.7 Å². The molecule has 0 aliphatic carbocycles. The Morgan fingerprint density at radius 2 is 1.65 bits per heavy atom. The maximum absolute atomic E-state index is 12.1. The number of carbonyl (C=O) groups excluding carboxylic acids is 1. The third-order valence-electron chi connectivity index (χ3n) is 3.78. The van der Waals surface area contributed by atoms with Crippen molar-refractivity contribution in [3.63, 3.8) is 0 Å². The van der Waals surface area contributed by atoms with Crippen molar-refractivity contribution in [2.75, 3.05) is 6.54 Å². The van der Waals surface area contributed by atoms with Gasteiger partial charge in [-0.25, -0.2) is 0 Å². The maximum atomic E-state index is 12.1. The molecule has 2 rings (SSSR count). The maximum Gasteiger partial charge on any atom is 0.260 e. The Labute approximate surface area is 138 Å². The fourth-order valence-electron chi connectivity index (χ4n) is 2.31. The molecule has 3 nitrogen and oxygen atoms in total. The van der Waals surface area contributed by atoms with Crippen LogP contribution in [-0.4, -0.2) is 18.6 Å². The highest BCUT2D eigenvalue weighted by atomic mass is 16.5. The van der Waals surface area contributed by atoms with Crippen molar-refractivity contribution in [2.24, 2.45) is 0 Å². The Balaban J connectivity index is 1.78. The Hall–Kier alpha value is -2.29. The SMILES string of the molecule is CC(Oc1ccc(C(C)C)cc1)C(=O)NCCc1ccccc1. The van der Waals surface area contributed by atoms with Gasteiger partial charge in [-0.3, -0.25) is 4.79 Å². The molecule has 0 aliphatic rings. The summed E-state index contributed by atoms with van der Waals surface area (Å²) in [6.07, 6.45) is 0.318. The van der Waals surface area contributed by atoms with Crippen LogP contribution in [0.3, 0.4) is 0 Å². The van der Waals surface area contributed by atoms with E-state index in [-0.39, 0.29) is 5.91 Å². The average Bonchev–Trinajstić information content (AvgIpc) is 2.56. The van der Waals surface area contributed by atoms with Crippen molar-refractivity contribution in [1.82, 2.24) is 5.32 Å². The first-order chi connectivity index (χ1) is 11.1. The molecule has 0 fully saturated rings. The predicted octanol–water partition coefficient (Wildman–Crippen LogP) is 3.94. The van der Waals surface area contributed by atoms with E-state index in [1.54, 1.807) is 6.92 Å². The van der Waals surface area contributed by atoms with Gasteiger partial charge in [0.2, 0.25) is 0 Å². The van der Waals surface area contributed by atoms with E-state index in [9.17, 15) is 4.79 Å². The van der Waals surface area contributed by atoms with E-state index in [2.05, 4.69) is 31.3 Å². The molecule has 1 unspecified atom stereocenters. The molecule has 0 aromatic heterocycles. The molecule has 0 heterocycles. The highest BCUT2D eigenvalue weighted by Crippen LogP contribution is 2.19. The number of ether oxygens (including phenoxy) is 1. The number of rotatable bonds is 7. The van der Waals surface area contributed by atoms with Crippen LogP contribution >= 0.6 is 0 Å². The molecule has 23 heavy (non-hydrogen) atoms. The fraction of sp³-hybridized carbons (Fsp3) is 0.350. The summed E-state index contributed by atoms with van der Waals surface area (Å²) < 4.78 is 5.70. The first-order valence-electron chi connectivity index (χ1n) is 8.14. The van der Waals surface area contributed by atoms with Crippen molar-refractivity contribution in [2.45, 2.75) is 39.2 Å². The van der Waals surface area contributed by atoms with Crippen molar-refractivity contribution >= 4 is 5.91 Å². The highest BCUT2D eigenvalue weighted by molar-refractivity contribution is 5.80. The zero-order chi connectivity index (χ0) is 16.7. The smallest absolute Gasteiger partial charge is 0.260 e. The molecule has 0 saturated heterocycles. The van der Waals surface area contributed by atoms with Crippen LogP contribution < -0.4 is 10.1 Å². The van der Waals surface area contributed by atoms with E-state index in [1.807, 2.05) is 42.5 Å². The lowest BCUT2D eigenvalue weighted by molar-refractivity contribution is -0.127. The molecule has 1 atom stereocenters. The standard InChI is InChI=1S/C20H25NO2/c1-15(2)18-9-11-19(12-10-18)23-16(3)20(22)21-14-13-17-7-5-4-6-8-17/h4-12,15-16H,13-14H2,1-3H3,(H,21,22). The second kappa shape index (κ2) is 8.37. The van der Waals surface area contributed by atoms with Crippen LogP contribution in [0.25, 0.3) is 0 Å². The summed E-state index contributed by atoms with van der Waals surface area (Å²) in [5, 5.41) is 2.92. The molecule has 3 heteroatoms. The number of hydrogen-bond acceptors (Lipinski definition) is 2. The van der Waals surface area contributed by atoms with E-state index in [0.29, 0.717) is 12.5 Å². The summed E-state index contributed by atoms with van der Waals surface area (Å²) in [5.41, 5.74) is 2.47. The molecule has 0 spiro atoms. The van der Waals surface area contributed by atoms with Gasteiger partial charge in [0.25, 0.3) is 5.91 Å². The summed E-state index contributed by atoms with van der Waals surface area (Å²) in [6.45, 7) is 6.69. The molecule has 0 saturated carbocycles. The van der Waals surface area contributed by atoms with E-state index in [4.69, 9.17) is 4.74 Å². The minimum Gasteiger partial charge on any atom is -0.481 e. The normalized spacial score (nSPS) is 12.0. The van der Waals surface area contributed by atoms with Crippen molar-refractivity contribution in [1.29, 1.82) is 0 Å². The van der Waals surface area contributed by atoms with Crippen LogP contribution in [0.4, 0.5) is 0 Å². The van der Waals surface area contributed by atoms with E-state index in [1.165, 1.54) is 11.1 Å². The van der Waals surface area contributed by atoms with Crippen LogP contribution in [0.1, 0.15) is 37.8 Å². The molecule has 1 N–H and O–H groups in total. The van der Waals surface area contributed by atoms with Crippen LogP contribution in [-0.2, 0) is 11.2 Å². The lowest BCUT2D eigenvalue weighted by Crippen LogP contribution is -2.37. The Morgan fingerprint density at radius 1 is 1.00 bits per heavy atom. The van der Waals surface area contributed by atoms with Crippen LogP contribution in [0.15, 0.2) is 54.6 Å². The van der Waals surface area contributed by atoms with Crippen LogP contribution in [0.5, 0.6) is 5.75 Å². The van der Waals surface area contributed by atoms with Crippen molar-refractivity contribution in [3.8, 4) is 5.75 Å². The minimum atomic E-state index is -0.504. The molecule has 1 amide bonds. The Morgan fingerprint density at radius 3 is 2.26 bits per heavy atom. The molecular formula is C20H25NO2. The average molecular weight is 311 g/mol. The van der Waals surface area contributed by atoms with E-state index in [0.717, 1.165) is 12.2 Å². The quantitative estimate of drug-likeness (QED) is 0.841. The zero-order valence-electron chi connectivity index (χ0n) is 14.1. The number of nitrogens with one attached hydrogen (secondary N) is 1. The number of benzene rings is 2. The molecular weight excluding hydrogens is 286 g/mol. The van der Waals surface area contributed by atoms with Gasteiger partial charge < -0.3 is 10.1 Å². The molecule has 2 aromatic rings. The highest BCUT2D eigenvalue weighted by Gasteiger charge is 2.14. The monoisotopic (exact) mass is 311 g/mol. The first kappa shape index (κ1) is 17.1. The molecule has 0 radical (unpaired) electrons. The van der Waals surface area contributed by atoms with Crippen LogP contribution in [0.2, 0.25) is 0 Å². The van der Waals surface area contributed by atoms with E-state index < -0.39 is 6.10 Å². The summed E-state index contributed by atoms with van der Waals surface area (Å²) in [4.78, 5) is 12.1. The molecule has 0 aliphatic heterocycles. The summed E-state index contributed by atoms with van der Waals surface area (Å²) in [7, 11) is 0. The topological polar surface area (TPSA) is 38.3 Å². The summed E-state index contributed by atoms with van der Waals surface area (Å²) in [6, 6.07) is 18.0. The molecule has 2 aromatic carbocycles. The third-order valence-corrected chi connectivity index (χ3v) is 3.78. The van der Waals surface area contributed by atoms with E-state index >= 15 is 0 Å². The molecule has 0 bridgehead atoms. The first-order valence-corrected chi connectivity index (χ1v) is 8.14. The van der Waals surface area contributed by atoms with Gasteiger partial charge in [-0.1, -0.05) is 56.3 Å². The van der Waals surface area contributed by atoms with Gasteiger partial charge in [0, 0.05) is 6.54 Å². The largest absolute Gasteiger partial charge is 0.481 e. The fourth-order valence-corrected chi connectivity index (χ4v) is 2.31. The second-order valence-electron chi connectivity index (χ2n) is 6.01. The van der Waals surface area contributed by atoms with Crippen LogP contribution in [0, 0.1) is 0 Å². The lowest BCUT2D eigenvalue weighted by atomic mass is 10.0. The number of amides is 1. The lowest BCUT2D eigenvalue weighted by Gasteiger charge is -2.15. The predicted molar refractivity (Wildman–Crippen MR) is 93.8 cm³/mol. The molecule has 122 valence electrons. The third kappa shape index (κ3) is 5.44. The van der Waals surface area contributed by atoms with Gasteiger partial charge in [-0.15, -0.1) is 0 Å². The number of hydrogen-bond donors (Lipinski definition) is 1. The number of carbonyl (C=O) groups is 1. The summed E-state index contributed by atoms with van der Waals surface area (Å²) >= 11 is 0. The van der Waals surface area contributed by atoms with Gasteiger partial charge in [-0.2, -0.15) is 0 Å². The van der Waals surface area contributed by atoms with Gasteiger partial charge in [0.15, 0.2) is 6.10 Å². The summed E-state index contributed by atoms with van der Waals surface area (Å²) in [5.74, 6) is 1.12.